The number of hydrogen-bond acceptors (Lipinski definition) is 4. The van der Waals surface area contributed by atoms with Crippen molar-refractivity contribution in [1.82, 2.24) is 5.32 Å². The lowest BCUT2D eigenvalue weighted by Gasteiger charge is -2.34. The summed E-state index contributed by atoms with van der Waals surface area (Å²) < 4.78 is 5.39. The van der Waals surface area contributed by atoms with E-state index in [1.807, 2.05) is 12.1 Å². The molecule has 2 aliphatic rings. The lowest BCUT2D eigenvalue weighted by atomic mass is 9.78. The summed E-state index contributed by atoms with van der Waals surface area (Å²) in [5.74, 6) is 0.601. The molecule has 0 aromatic heterocycles. The third kappa shape index (κ3) is 3.24. The van der Waals surface area contributed by atoms with E-state index in [-0.39, 0.29) is 18.4 Å². The molecule has 6 nitrogen and oxygen atoms in total. The topological polar surface area (TPSA) is 78.9 Å². The summed E-state index contributed by atoms with van der Waals surface area (Å²) in [4.78, 5) is 25.7. The number of nitrogens with one attached hydrogen (secondary N) is 1. The van der Waals surface area contributed by atoms with Crippen LogP contribution in [-0.4, -0.2) is 36.2 Å². The minimum atomic E-state index is -1.26. The molecule has 1 fully saturated rings. The van der Waals surface area contributed by atoms with Crippen LogP contribution >= 0.6 is 0 Å². The molecule has 3 rings (SSSR count). The Morgan fingerprint density at radius 3 is 3.04 bits per heavy atom. The Kier molecular flexibility index (Phi) is 4.49. The summed E-state index contributed by atoms with van der Waals surface area (Å²) in [5, 5.41) is 13.4. The summed E-state index contributed by atoms with van der Waals surface area (Å²) >= 11 is 0. The Morgan fingerprint density at radius 1 is 1.50 bits per heavy atom. The van der Waals surface area contributed by atoms with Crippen LogP contribution in [-0.2, 0) is 16.1 Å². The van der Waals surface area contributed by atoms with E-state index in [2.05, 4.69) is 12.2 Å². The highest BCUT2D eigenvalue weighted by Crippen LogP contribution is 2.33. The summed E-state index contributed by atoms with van der Waals surface area (Å²) in [6.07, 6.45) is 2.95. The van der Waals surface area contributed by atoms with Crippen LogP contribution < -0.4 is 15.0 Å². The predicted molar refractivity (Wildman–Crippen MR) is 89.8 cm³/mol. The van der Waals surface area contributed by atoms with E-state index in [0.29, 0.717) is 36.7 Å². The number of amides is 2. The quantitative estimate of drug-likeness (QED) is 0.881. The maximum absolute atomic E-state index is 12.4. The van der Waals surface area contributed by atoms with Gasteiger partial charge < -0.3 is 20.1 Å². The molecule has 0 spiro atoms. The summed E-state index contributed by atoms with van der Waals surface area (Å²) in [6.45, 7) is 2.42. The minimum Gasteiger partial charge on any atom is -0.482 e. The molecule has 6 heteroatoms. The number of fused-ring (bicyclic) bond motifs is 1. The first-order valence-electron chi connectivity index (χ1n) is 8.42. The number of ether oxygens (including phenoxy) is 1. The second kappa shape index (κ2) is 6.43. The normalized spacial score (nSPS) is 26.5. The first-order valence-corrected chi connectivity index (χ1v) is 8.42. The number of carbonyl (C=O) groups excluding carboxylic acids is 2. The van der Waals surface area contributed by atoms with Crippen molar-refractivity contribution in [3.63, 3.8) is 0 Å². The van der Waals surface area contributed by atoms with Gasteiger partial charge in [0.1, 0.15) is 11.4 Å². The Balaban J connectivity index is 1.67. The van der Waals surface area contributed by atoms with Crippen molar-refractivity contribution in [3.8, 4) is 5.75 Å². The van der Waals surface area contributed by atoms with Gasteiger partial charge in [-0.05, 0) is 42.9 Å². The molecule has 1 aliphatic heterocycles. The molecule has 2 atom stereocenters. The fourth-order valence-electron chi connectivity index (χ4n) is 3.50. The van der Waals surface area contributed by atoms with E-state index in [0.717, 1.165) is 18.4 Å². The summed E-state index contributed by atoms with van der Waals surface area (Å²) in [5.41, 5.74) is 0.296. The number of hydrogen-bond donors (Lipinski definition) is 2. The van der Waals surface area contributed by atoms with Crippen molar-refractivity contribution in [2.75, 3.05) is 18.6 Å². The molecule has 1 aliphatic carbocycles. The van der Waals surface area contributed by atoms with Gasteiger partial charge in [-0.25, -0.2) is 0 Å². The van der Waals surface area contributed by atoms with Gasteiger partial charge in [0.05, 0.1) is 5.69 Å². The lowest BCUT2D eigenvalue weighted by Crippen LogP contribution is -2.49. The average molecular weight is 332 g/mol. The van der Waals surface area contributed by atoms with Crippen LogP contribution in [0.4, 0.5) is 5.69 Å². The first-order chi connectivity index (χ1) is 11.4. The van der Waals surface area contributed by atoms with Gasteiger partial charge in [0.2, 0.25) is 0 Å². The molecular weight excluding hydrogens is 308 g/mol. The highest BCUT2D eigenvalue weighted by molar-refractivity contribution is 5.97. The van der Waals surface area contributed by atoms with Gasteiger partial charge in [0.15, 0.2) is 6.61 Å². The van der Waals surface area contributed by atoms with Crippen LogP contribution in [0, 0.1) is 5.92 Å². The number of rotatable bonds is 3. The van der Waals surface area contributed by atoms with E-state index in [1.54, 1.807) is 18.0 Å². The highest BCUT2D eigenvalue weighted by Gasteiger charge is 2.39. The van der Waals surface area contributed by atoms with Crippen molar-refractivity contribution in [3.05, 3.63) is 23.8 Å². The zero-order valence-electron chi connectivity index (χ0n) is 14.2. The molecule has 2 N–H and O–H groups in total. The molecule has 2 amide bonds. The molecule has 1 aromatic carbocycles. The zero-order chi connectivity index (χ0) is 17.3. The highest BCUT2D eigenvalue weighted by atomic mass is 16.5. The molecular formula is C18H24N2O4. The van der Waals surface area contributed by atoms with Crippen LogP contribution in [0.15, 0.2) is 18.2 Å². The summed E-state index contributed by atoms with van der Waals surface area (Å²) in [6, 6.07) is 5.49. The van der Waals surface area contributed by atoms with Crippen molar-refractivity contribution >= 4 is 17.5 Å². The van der Waals surface area contributed by atoms with Crippen LogP contribution in [0.2, 0.25) is 0 Å². The first kappa shape index (κ1) is 16.8. The van der Waals surface area contributed by atoms with Crippen LogP contribution in [0.5, 0.6) is 5.75 Å². The Labute approximate surface area is 141 Å². The lowest BCUT2D eigenvalue weighted by molar-refractivity contribution is -0.144. The van der Waals surface area contributed by atoms with Crippen LogP contribution in [0.3, 0.4) is 0 Å². The van der Waals surface area contributed by atoms with E-state index in [1.165, 1.54) is 0 Å². The minimum absolute atomic E-state index is 0.0464. The third-order valence-electron chi connectivity index (χ3n) is 4.96. The number of benzene rings is 1. The standard InChI is InChI=1S/C18H24N2O4/c1-12-4-3-7-18(23,9-12)17(22)19-10-13-5-6-15-14(8-13)20(2)16(21)11-24-15/h5-6,8,12,23H,3-4,7,9-11H2,1-2H3,(H,19,22). The van der Waals surface area contributed by atoms with Crippen molar-refractivity contribution in [1.29, 1.82) is 0 Å². The largest absolute Gasteiger partial charge is 0.482 e. The van der Waals surface area contributed by atoms with E-state index in [4.69, 9.17) is 4.74 Å². The molecule has 1 heterocycles. The molecule has 2 unspecified atom stereocenters. The average Bonchev–Trinajstić information content (AvgIpc) is 2.56. The molecule has 0 bridgehead atoms. The van der Waals surface area contributed by atoms with E-state index >= 15 is 0 Å². The maximum atomic E-state index is 12.4. The Morgan fingerprint density at radius 2 is 2.29 bits per heavy atom. The fraction of sp³-hybridized carbons (Fsp3) is 0.556. The zero-order valence-corrected chi connectivity index (χ0v) is 14.2. The maximum Gasteiger partial charge on any atom is 0.264 e. The monoisotopic (exact) mass is 332 g/mol. The Bertz CT molecular complexity index is 660. The number of carbonyl (C=O) groups is 2. The Hall–Kier alpha value is -2.08. The number of nitrogens with zero attached hydrogens (tertiary/aromatic N) is 1. The number of aliphatic hydroxyl groups is 1. The van der Waals surface area contributed by atoms with Crippen LogP contribution in [0.25, 0.3) is 0 Å². The van der Waals surface area contributed by atoms with E-state index < -0.39 is 5.60 Å². The fourth-order valence-corrected chi connectivity index (χ4v) is 3.50. The molecule has 24 heavy (non-hydrogen) atoms. The van der Waals surface area contributed by atoms with Gasteiger partial charge in [-0.3, -0.25) is 9.59 Å². The van der Waals surface area contributed by atoms with Crippen molar-refractivity contribution < 1.29 is 19.4 Å². The molecule has 130 valence electrons. The van der Waals surface area contributed by atoms with Gasteiger partial charge in [-0.2, -0.15) is 0 Å². The predicted octanol–water partition coefficient (Wildman–Crippen LogP) is 1.60. The summed E-state index contributed by atoms with van der Waals surface area (Å²) in [7, 11) is 1.71. The van der Waals surface area contributed by atoms with Gasteiger partial charge in [-0.1, -0.05) is 19.4 Å². The molecule has 1 aromatic rings. The molecule has 1 saturated carbocycles. The number of likely N-dealkylation sites (N-methyl/N-ethyl adjacent to an activating group) is 1. The SMILES string of the molecule is CC1CCCC(O)(C(=O)NCc2ccc3c(c2)N(C)C(=O)CO3)C1. The van der Waals surface area contributed by atoms with E-state index in [9.17, 15) is 14.7 Å². The second-order valence-corrected chi connectivity index (χ2v) is 6.96. The third-order valence-corrected chi connectivity index (χ3v) is 4.96. The molecule has 0 saturated heterocycles. The van der Waals surface area contributed by atoms with Gasteiger partial charge in [0.25, 0.3) is 11.8 Å². The molecule has 0 radical (unpaired) electrons. The van der Waals surface area contributed by atoms with Gasteiger partial charge in [-0.15, -0.1) is 0 Å². The smallest absolute Gasteiger partial charge is 0.264 e. The van der Waals surface area contributed by atoms with Crippen molar-refractivity contribution in [2.45, 2.75) is 44.8 Å². The number of anilines is 1. The van der Waals surface area contributed by atoms with Gasteiger partial charge >= 0.3 is 0 Å². The second-order valence-electron chi connectivity index (χ2n) is 6.96. The van der Waals surface area contributed by atoms with Crippen molar-refractivity contribution in [2.24, 2.45) is 5.92 Å². The van der Waals surface area contributed by atoms with Gasteiger partial charge in [0, 0.05) is 13.6 Å². The van der Waals surface area contributed by atoms with Crippen LogP contribution in [0.1, 0.15) is 38.2 Å².